The van der Waals surface area contributed by atoms with Gasteiger partial charge in [0.05, 0.1) is 5.75 Å². The molecule has 0 saturated heterocycles. The number of hydrogen-bond donors (Lipinski definition) is 2. The van der Waals surface area contributed by atoms with Crippen molar-refractivity contribution in [1.29, 1.82) is 0 Å². The van der Waals surface area contributed by atoms with E-state index in [-0.39, 0.29) is 5.75 Å². The molecule has 0 fully saturated rings. The third-order valence-corrected chi connectivity index (χ3v) is 2.21. The zero-order valence-electron chi connectivity index (χ0n) is 9.70. The summed E-state index contributed by atoms with van der Waals surface area (Å²) in [4.78, 5) is 0. The lowest BCUT2D eigenvalue weighted by Gasteiger charge is -2.01. The fraction of sp³-hybridized carbons (Fsp3) is 0.800. The number of allylic oxidation sites excluding steroid dienone is 1. The molecule has 0 aliphatic heterocycles. The smallest absolute Gasteiger partial charge is 0.266 e. The molecule has 15 heavy (non-hydrogen) atoms. The van der Waals surface area contributed by atoms with Gasteiger partial charge < -0.3 is 5.32 Å². The molecule has 0 unspecified atom stereocenters. The van der Waals surface area contributed by atoms with Gasteiger partial charge >= 0.3 is 0 Å². The number of hydrogen-bond acceptors (Lipinski definition) is 3. The van der Waals surface area contributed by atoms with Crippen molar-refractivity contribution >= 4 is 10.1 Å². The highest BCUT2D eigenvalue weighted by Gasteiger charge is 2.01. The molecule has 5 heteroatoms. The van der Waals surface area contributed by atoms with Gasteiger partial charge in [0.1, 0.15) is 0 Å². The fourth-order valence-corrected chi connectivity index (χ4v) is 1.23. The van der Waals surface area contributed by atoms with Crippen molar-refractivity contribution in [2.24, 2.45) is 0 Å². The largest absolute Gasteiger partial charge is 0.316 e. The zero-order valence-corrected chi connectivity index (χ0v) is 10.5. The van der Waals surface area contributed by atoms with Crippen molar-refractivity contribution in [2.75, 3.05) is 18.8 Å². The highest BCUT2D eigenvalue weighted by atomic mass is 32.2. The molecule has 92 valence electrons. The van der Waals surface area contributed by atoms with Crippen LogP contribution in [-0.2, 0) is 10.1 Å². The average molecular weight is 237 g/mol. The molecule has 0 saturated carbocycles. The van der Waals surface area contributed by atoms with Gasteiger partial charge in [0.2, 0.25) is 0 Å². The predicted octanol–water partition coefficient (Wildman–Crippen LogP) is 1.85. The molecule has 0 rings (SSSR count). The maximum Gasteiger partial charge on any atom is 0.266 e. The number of unbranched alkanes of at least 4 members (excludes halogenated alkanes) is 2. The van der Waals surface area contributed by atoms with Crippen LogP contribution in [0.1, 0.15) is 33.1 Å². The van der Waals surface area contributed by atoms with E-state index in [2.05, 4.69) is 18.8 Å². The van der Waals surface area contributed by atoms with Crippen LogP contribution in [0.4, 0.5) is 0 Å². The van der Waals surface area contributed by atoms with Crippen molar-refractivity contribution < 1.29 is 13.0 Å². The lowest BCUT2D eigenvalue weighted by Crippen LogP contribution is -2.23. The van der Waals surface area contributed by atoms with Crippen LogP contribution in [0.25, 0.3) is 0 Å². The van der Waals surface area contributed by atoms with E-state index in [9.17, 15) is 8.42 Å². The van der Waals surface area contributed by atoms with E-state index in [0.29, 0.717) is 6.54 Å². The van der Waals surface area contributed by atoms with Crippen LogP contribution in [0.3, 0.4) is 0 Å². The van der Waals surface area contributed by atoms with Gasteiger partial charge in [0, 0.05) is 6.54 Å². The van der Waals surface area contributed by atoms with Crippen molar-refractivity contribution in [3.63, 3.8) is 0 Å². The molecule has 2 N–H and O–H groups in total. The lowest BCUT2D eigenvalue weighted by atomic mass is 10.2. The Morgan fingerprint density at radius 1 is 1.33 bits per heavy atom. The minimum atomic E-state index is -3.78. The van der Waals surface area contributed by atoms with Gasteiger partial charge in [-0.1, -0.05) is 25.8 Å². The van der Waals surface area contributed by atoms with E-state index >= 15 is 0 Å². The summed E-state index contributed by atoms with van der Waals surface area (Å²) >= 11 is 0. The van der Waals surface area contributed by atoms with Crippen LogP contribution < -0.4 is 5.32 Å². The van der Waals surface area contributed by atoms with Gasteiger partial charge in [-0.15, -0.1) is 6.58 Å². The highest BCUT2D eigenvalue weighted by molar-refractivity contribution is 7.85. The van der Waals surface area contributed by atoms with E-state index in [1.165, 1.54) is 0 Å². The fourth-order valence-electron chi connectivity index (χ4n) is 0.826. The summed E-state index contributed by atoms with van der Waals surface area (Å²) in [5.41, 5.74) is 0. The van der Waals surface area contributed by atoms with Crippen LogP contribution in [0.5, 0.6) is 0 Å². The summed E-state index contributed by atoms with van der Waals surface area (Å²) in [6, 6.07) is 0. The number of rotatable bonds is 7. The first-order valence-corrected chi connectivity index (χ1v) is 6.81. The molecule has 0 aromatic heterocycles. The first kappa shape index (κ1) is 17.0. The highest BCUT2D eigenvalue weighted by Crippen LogP contribution is 1.90. The average Bonchev–Trinajstić information content (AvgIpc) is 2.11. The van der Waals surface area contributed by atoms with E-state index in [1.807, 2.05) is 6.92 Å². The molecule has 0 amide bonds. The lowest BCUT2D eigenvalue weighted by molar-refractivity contribution is 0.480. The summed E-state index contributed by atoms with van der Waals surface area (Å²) in [6.45, 7) is 8.52. The number of nitrogens with one attached hydrogen (secondary N) is 1. The van der Waals surface area contributed by atoms with Gasteiger partial charge in [-0.2, -0.15) is 8.42 Å². The first-order chi connectivity index (χ1) is 6.97. The topological polar surface area (TPSA) is 66.4 Å². The normalized spacial score (nSPS) is 10.3. The maximum absolute atomic E-state index is 10.2. The second-order valence-corrected chi connectivity index (χ2v) is 4.72. The Morgan fingerprint density at radius 3 is 2.27 bits per heavy atom. The molecule has 0 aromatic carbocycles. The summed E-state index contributed by atoms with van der Waals surface area (Å²) < 4.78 is 28.8. The molecular formula is C10H23NO3S. The molecule has 0 aliphatic rings. The molecule has 0 heterocycles. The van der Waals surface area contributed by atoms with E-state index < -0.39 is 10.1 Å². The Balaban J connectivity index is 0. The van der Waals surface area contributed by atoms with Crippen molar-refractivity contribution in [3.8, 4) is 0 Å². The molecule has 4 nitrogen and oxygen atoms in total. The van der Waals surface area contributed by atoms with Crippen molar-refractivity contribution in [3.05, 3.63) is 12.7 Å². The standard InChI is InChI=1S/C7H17NO3S.C3H6/c1-2-3-4-5-8-6-7-12(9,10)11;1-3-2/h8H,2-7H2,1H3,(H,9,10,11);3H,1H2,2H3. The maximum atomic E-state index is 10.2. The molecule has 0 aromatic rings. The van der Waals surface area contributed by atoms with Gasteiger partial charge in [-0.25, -0.2) is 0 Å². The molecule has 0 bridgehead atoms. The minimum absolute atomic E-state index is 0.195. The third-order valence-electron chi connectivity index (χ3n) is 1.49. The van der Waals surface area contributed by atoms with Crippen LogP contribution in [0, 0.1) is 0 Å². The minimum Gasteiger partial charge on any atom is -0.316 e. The quantitative estimate of drug-likeness (QED) is 0.403. The summed E-state index contributed by atoms with van der Waals surface area (Å²) in [6.07, 6.45) is 5.11. The van der Waals surface area contributed by atoms with Crippen molar-refractivity contribution in [2.45, 2.75) is 33.1 Å². The summed E-state index contributed by atoms with van der Waals surface area (Å²) in [5, 5.41) is 2.94. The second-order valence-electron chi connectivity index (χ2n) is 3.15. The summed E-state index contributed by atoms with van der Waals surface area (Å²) in [7, 11) is -3.78. The van der Waals surface area contributed by atoms with Crippen LogP contribution >= 0.6 is 0 Å². The van der Waals surface area contributed by atoms with Gasteiger partial charge in [0.25, 0.3) is 10.1 Å². The Kier molecular flexibility index (Phi) is 13.3. The Bertz CT molecular complexity index is 225. The van der Waals surface area contributed by atoms with Gasteiger partial charge in [0.15, 0.2) is 0 Å². The van der Waals surface area contributed by atoms with Gasteiger partial charge in [-0.05, 0) is 19.9 Å². The zero-order chi connectivity index (χ0) is 12.2. The Morgan fingerprint density at radius 2 is 1.87 bits per heavy atom. The molecule has 0 spiro atoms. The molecule has 0 aliphatic carbocycles. The molecule has 0 radical (unpaired) electrons. The first-order valence-electron chi connectivity index (χ1n) is 5.20. The van der Waals surface area contributed by atoms with Crippen molar-refractivity contribution in [1.82, 2.24) is 5.32 Å². The Labute approximate surface area is 93.5 Å². The second kappa shape index (κ2) is 11.7. The summed E-state index contributed by atoms with van der Waals surface area (Å²) in [5.74, 6) is -0.195. The SMILES string of the molecule is C=CC.CCCCCNCCS(=O)(=O)O. The molecule has 0 atom stereocenters. The van der Waals surface area contributed by atoms with E-state index in [1.54, 1.807) is 6.08 Å². The van der Waals surface area contributed by atoms with Crippen LogP contribution in [0.2, 0.25) is 0 Å². The molecular weight excluding hydrogens is 214 g/mol. The van der Waals surface area contributed by atoms with E-state index in [4.69, 9.17) is 4.55 Å². The van der Waals surface area contributed by atoms with Crippen LogP contribution in [0.15, 0.2) is 12.7 Å². The van der Waals surface area contributed by atoms with E-state index in [0.717, 1.165) is 25.8 Å². The monoisotopic (exact) mass is 237 g/mol. The third kappa shape index (κ3) is 24.7. The van der Waals surface area contributed by atoms with Crippen LogP contribution in [-0.4, -0.2) is 31.8 Å². The Hall–Kier alpha value is -0.390. The predicted molar refractivity (Wildman–Crippen MR) is 64.7 cm³/mol. The van der Waals surface area contributed by atoms with Gasteiger partial charge in [-0.3, -0.25) is 4.55 Å².